The third kappa shape index (κ3) is 5.37. The van der Waals surface area contributed by atoms with Crippen LogP contribution in [0, 0.1) is 5.92 Å². The molecule has 1 aliphatic rings. The van der Waals surface area contributed by atoms with Gasteiger partial charge in [-0.2, -0.15) is 0 Å². The lowest BCUT2D eigenvalue weighted by molar-refractivity contribution is -0.141. The molecule has 0 heterocycles. The molecule has 0 unspecified atom stereocenters. The lowest BCUT2D eigenvalue weighted by Crippen LogP contribution is -2.33. The highest BCUT2D eigenvalue weighted by Crippen LogP contribution is 2.25. The Labute approximate surface area is 141 Å². The van der Waals surface area contributed by atoms with E-state index in [1.54, 1.807) is 24.3 Å². The number of hydrogen-bond donors (Lipinski definition) is 2. The van der Waals surface area contributed by atoms with E-state index < -0.39 is 5.97 Å². The van der Waals surface area contributed by atoms with Crippen LogP contribution in [-0.4, -0.2) is 35.4 Å². The number of hydrogen-bond acceptors (Lipinski definition) is 4. The summed E-state index contributed by atoms with van der Waals surface area (Å²) in [5.41, 5.74) is 0.637. The second-order valence-corrected chi connectivity index (χ2v) is 6.15. The molecule has 6 nitrogen and oxygen atoms in total. The second kappa shape index (κ2) is 8.47. The number of carboxylic acids is 1. The average molecular weight is 333 g/mol. The van der Waals surface area contributed by atoms with Crippen molar-refractivity contribution in [2.24, 2.45) is 5.92 Å². The topological polar surface area (TPSA) is 92.7 Å². The number of carbonyl (C=O) groups excluding carboxylic acids is 2. The van der Waals surface area contributed by atoms with E-state index in [1.807, 2.05) is 0 Å². The van der Waals surface area contributed by atoms with Gasteiger partial charge in [-0.15, -0.1) is 0 Å². The summed E-state index contributed by atoms with van der Waals surface area (Å²) in [6.45, 7) is 1.92. The molecule has 0 bridgehead atoms. The Morgan fingerprint density at radius 3 is 2.50 bits per heavy atom. The number of amides is 1. The molecule has 130 valence electrons. The van der Waals surface area contributed by atoms with E-state index in [9.17, 15) is 14.4 Å². The number of carboxylic acid groups (broad SMARTS) is 1. The first-order valence-electron chi connectivity index (χ1n) is 8.21. The van der Waals surface area contributed by atoms with Gasteiger partial charge in [0.25, 0.3) is 0 Å². The van der Waals surface area contributed by atoms with Crippen molar-refractivity contribution in [1.82, 2.24) is 5.32 Å². The van der Waals surface area contributed by atoms with Crippen LogP contribution in [0.25, 0.3) is 0 Å². The molecule has 2 rings (SSSR count). The molecule has 0 aliphatic heterocycles. The molecule has 6 heteroatoms. The van der Waals surface area contributed by atoms with Gasteiger partial charge in [0.05, 0.1) is 12.5 Å². The van der Waals surface area contributed by atoms with Crippen LogP contribution in [0.3, 0.4) is 0 Å². The molecule has 0 aromatic heterocycles. The monoisotopic (exact) mass is 333 g/mol. The van der Waals surface area contributed by atoms with Gasteiger partial charge in [0.1, 0.15) is 5.75 Å². The highest BCUT2D eigenvalue weighted by atomic mass is 16.5. The van der Waals surface area contributed by atoms with Gasteiger partial charge in [0.15, 0.2) is 5.78 Å². The van der Waals surface area contributed by atoms with Gasteiger partial charge in [0, 0.05) is 18.0 Å². The summed E-state index contributed by atoms with van der Waals surface area (Å²) in [7, 11) is 0. The molecule has 1 fully saturated rings. The number of carbonyl (C=O) groups is 3. The van der Waals surface area contributed by atoms with Crippen molar-refractivity contribution in [3.63, 3.8) is 0 Å². The molecular weight excluding hydrogens is 310 g/mol. The van der Waals surface area contributed by atoms with E-state index in [4.69, 9.17) is 9.84 Å². The predicted molar refractivity (Wildman–Crippen MR) is 88.1 cm³/mol. The number of nitrogens with one attached hydrogen (secondary N) is 1. The van der Waals surface area contributed by atoms with Gasteiger partial charge < -0.3 is 15.2 Å². The molecule has 1 amide bonds. The third-order valence-electron chi connectivity index (χ3n) is 4.22. The third-order valence-corrected chi connectivity index (χ3v) is 4.22. The van der Waals surface area contributed by atoms with Crippen LogP contribution in [-0.2, 0) is 9.59 Å². The van der Waals surface area contributed by atoms with E-state index in [1.165, 1.54) is 6.92 Å². The maximum atomic E-state index is 11.9. The molecule has 1 aromatic carbocycles. The summed E-state index contributed by atoms with van der Waals surface area (Å²) in [5.74, 6) is -0.509. The van der Waals surface area contributed by atoms with E-state index in [0.717, 1.165) is 6.42 Å². The summed E-state index contributed by atoms with van der Waals surface area (Å²) >= 11 is 0. The molecule has 2 N–H and O–H groups in total. The van der Waals surface area contributed by atoms with Crippen LogP contribution in [0.2, 0.25) is 0 Å². The lowest BCUT2D eigenvalue weighted by atomic mass is 10.1. The van der Waals surface area contributed by atoms with E-state index >= 15 is 0 Å². The van der Waals surface area contributed by atoms with Crippen molar-refractivity contribution in [2.75, 3.05) is 6.61 Å². The van der Waals surface area contributed by atoms with Crippen LogP contribution in [0.1, 0.15) is 49.4 Å². The number of ketones is 1. The fraction of sp³-hybridized carbons (Fsp3) is 0.500. The molecule has 1 saturated carbocycles. The first-order chi connectivity index (χ1) is 11.5. The minimum absolute atomic E-state index is 0.00951. The predicted octanol–water partition coefficient (Wildman–Crippen LogP) is 2.42. The van der Waals surface area contributed by atoms with E-state index in [2.05, 4.69) is 5.32 Å². The zero-order valence-corrected chi connectivity index (χ0v) is 13.8. The van der Waals surface area contributed by atoms with Gasteiger partial charge in [-0.3, -0.25) is 14.4 Å². The fourth-order valence-corrected chi connectivity index (χ4v) is 2.85. The summed E-state index contributed by atoms with van der Waals surface area (Å²) < 4.78 is 5.54. The van der Waals surface area contributed by atoms with E-state index in [0.29, 0.717) is 43.6 Å². The maximum Gasteiger partial charge on any atom is 0.306 e. The molecular formula is C18H23NO5. The largest absolute Gasteiger partial charge is 0.494 e. The number of benzene rings is 1. The van der Waals surface area contributed by atoms with Crippen molar-refractivity contribution < 1.29 is 24.2 Å². The zero-order chi connectivity index (χ0) is 17.5. The van der Waals surface area contributed by atoms with Crippen molar-refractivity contribution in [2.45, 2.75) is 45.1 Å². The van der Waals surface area contributed by atoms with Crippen LogP contribution in [0.5, 0.6) is 5.75 Å². The van der Waals surface area contributed by atoms with Gasteiger partial charge in [-0.1, -0.05) is 0 Å². The Morgan fingerprint density at radius 2 is 1.92 bits per heavy atom. The smallest absolute Gasteiger partial charge is 0.306 e. The van der Waals surface area contributed by atoms with Crippen LogP contribution in [0.4, 0.5) is 0 Å². The van der Waals surface area contributed by atoms with Crippen LogP contribution in [0.15, 0.2) is 24.3 Å². The Kier molecular flexibility index (Phi) is 6.35. The first kappa shape index (κ1) is 18.0. The first-order valence-corrected chi connectivity index (χ1v) is 8.21. The van der Waals surface area contributed by atoms with Gasteiger partial charge in [-0.25, -0.2) is 0 Å². The Balaban J connectivity index is 1.62. The molecule has 0 saturated heterocycles. The van der Waals surface area contributed by atoms with Gasteiger partial charge >= 0.3 is 5.97 Å². The Hall–Kier alpha value is -2.37. The normalized spacial score (nSPS) is 19.7. The summed E-state index contributed by atoms with van der Waals surface area (Å²) in [4.78, 5) is 33.9. The standard InChI is InChI=1S/C18H23NO5/c1-12(20)13-5-8-16(9-6-13)24-10-2-3-17(21)19-15-7-4-14(11-15)18(22)23/h5-6,8-9,14-15H,2-4,7,10-11H2,1H3,(H,19,21)(H,22,23)/t14-,15+/m0/s1. The SMILES string of the molecule is CC(=O)c1ccc(OCCCC(=O)N[C@@H]2CC[C@H](C(=O)O)C2)cc1. The van der Waals surface area contributed by atoms with Crippen molar-refractivity contribution in [1.29, 1.82) is 0 Å². The number of rotatable bonds is 8. The minimum atomic E-state index is -0.782. The Morgan fingerprint density at radius 1 is 1.21 bits per heavy atom. The molecule has 2 atom stereocenters. The lowest BCUT2D eigenvalue weighted by Gasteiger charge is -2.12. The highest BCUT2D eigenvalue weighted by molar-refractivity contribution is 5.94. The summed E-state index contributed by atoms with van der Waals surface area (Å²) in [6, 6.07) is 6.87. The highest BCUT2D eigenvalue weighted by Gasteiger charge is 2.30. The minimum Gasteiger partial charge on any atom is -0.494 e. The van der Waals surface area contributed by atoms with Gasteiger partial charge in [0.2, 0.25) is 5.91 Å². The van der Waals surface area contributed by atoms with Gasteiger partial charge in [-0.05, 0) is 56.9 Å². The average Bonchev–Trinajstić information content (AvgIpc) is 3.00. The van der Waals surface area contributed by atoms with Crippen molar-refractivity contribution >= 4 is 17.7 Å². The van der Waals surface area contributed by atoms with Crippen molar-refractivity contribution in [3.05, 3.63) is 29.8 Å². The quantitative estimate of drug-likeness (QED) is 0.563. The molecule has 1 aromatic rings. The zero-order valence-electron chi connectivity index (χ0n) is 13.8. The summed E-state index contributed by atoms with van der Waals surface area (Å²) in [6.07, 6.45) is 2.79. The second-order valence-electron chi connectivity index (χ2n) is 6.15. The number of aliphatic carboxylic acids is 1. The molecule has 0 spiro atoms. The molecule has 24 heavy (non-hydrogen) atoms. The van der Waals surface area contributed by atoms with Crippen LogP contribution < -0.4 is 10.1 Å². The van der Waals surface area contributed by atoms with Crippen molar-refractivity contribution in [3.8, 4) is 5.75 Å². The number of ether oxygens (including phenoxy) is 1. The maximum absolute atomic E-state index is 11.9. The van der Waals surface area contributed by atoms with Crippen LogP contribution >= 0.6 is 0 Å². The summed E-state index contributed by atoms with van der Waals surface area (Å²) in [5, 5.41) is 11.8. The van der Waals surface area contributed by atoms with E-state index in [-0.39, 0.29) is 23.7 Å². The molecule has 1 aliphatic carbocycles. The fourth-order valence-electron chi connectivity index (χ4n) is 2.85. The molecule has 0 radical (unpaired) electrons. The number of Topliss-reactive ketones (excluding diaryl/α,β-unsaturated/α-hetero) is 1. The Bertz CT molecular complexity index is 596.